The number of carbonyl (C=O) groups is 1. The maximum Gasteiger partial charge on any atom is 0.318 e. The van der Waals surface area contributed by atoms with Crippen LogP contribution in [0.15, 0.2) is 23.3 Å². The van der Waals surface area contributed by atoms with Gasteiger partial charge in [0.15, 0.2) is 5.96 Å². The van der Waals surface area contributed by atoms with Crippen molar-refractivity contribution in [3.05, 3.63) is 29.0 Å². The van der Waals surface area contributed by atoms with Crippen LogP contribution in [-0.4, -0.2) is 23.5 Å². The Labute approximate surface area is 117 Å². The van der Waals surface area contributed by atoms with Gasteiger partial charge in [-0.2, -0.15) is 0 Å². The standard InChI is InChI=1S/C12H18ClN5O/c1-8(2)6-16-12(18-11(14)19)17-7-10-9(13)4-3-5-15-10/h3-5,8H,6-7H2,1-2H3,(H4,14,16,17,18,19). The van der Waals surface area contributed by atoms with E-state index in [1.807, 2.05) is 13.8 Å². The fourth-order valence-corrected chi connectivity index (χ4v) is 1.43. The number of pyridine rings is 1. The summed E-state index contributed by atoms with van der Waals surface area (Å²) in [5.41, 5.74) is 5.72. The SMILES string of the molecule is CC(C)CNC(=NCc1ncccc1Cl)NC(N)=O. The van der Waals surface area contributed by atoms with Crippen molar-refractivity contribution in [1.29, 1.82) is 0 Å². The molecule has 4 N–H and O–H groups in total. The molecule has 0 bridgehead atoms. The largest absolute Gasteiger partial charge is 0.356 e. The first-order valence-electron chi connectivity index (χ1n) is 5.93. The monoisotopic (exact) mass is 283 g/mol. The Morgan fingerprint density at radius 1 is 1.58 bits per heavy atom. The van der Waals surface area contributed by atoms with Crippen LogP contribution in [0.3, 0.4) is 0 Å². The molecule has 1 heterocycles. The van der Waals surface area contributed by atoms with Gasteiger partial charge in [-0.05, 0) is 18.1 Å². The number of nitrogens with two attached hydrogens (primary N) is 1. The highest BCUT2D eigenvalue weighted by molar-refractivity contribution is 6.31. The first kappa shape index (κ1) is 15.2. The summed E-state index contributed by atoms with van der Waals surface area (Å²) in [7, 11) is 0. The Bertz CT molecular complexity index is 461. The zero-order valence-corrected chi connectivity index (χ0v) is 11.7. The summed E-state index contributed by atoms with van der Waals surface area (Å²) < 4.78 is 0. The van der Waals surface area contributed by atoms with E-state index in [1.165, 1.54) is 0 Å². The van der Waals surface area contributed by atoms with Gasteiger partial charge in [-0.15, -0.1) is 0 Å². The third-order valence-corrected chi connectivity index (χ3v) is 2.49. The van der Waals surface area contributed by atoms with Gasteiger partial charge in [-0.3, -0.25) is 10.3 Å². The van der Waals surface area contributed by atoms with Crippen molar-refractivity contribution in [3.63, 3.8) is 0 Å². The fourth-order valence-electron chi connectivity index (χ4n) is 1.25. The van der Waals surface area contributed by atoms with E-state index >= 15 is 0 Å². The van der Waals surface area contributed by atoms with Crippen LogP contribution in [0.5, 0.6) is 0 Å². The van der Waals surface area contributed by atoms with Crippen molar-refractivity contribution in [1.82, 2.24) is 15.6 Å². The Morgan fingerprint density at radius 3 is 2.89 bits per heavy atom. The first-order chi connectivity index (χ1) is 8.99. The summed E-state index contributed by atoms with van der Waals surface area (Å²) in [6, 6.07) is 2.82. The second kappa shape index (κ2) is 7.58. The number of aromatic nitrogens is 1. The highest BCUT2D eigenvalue weighted by Gasteiger charge is 2.04. The third-order valence-electron chi connectivity index (χ3n) is 2.14. The second-order valence-electron chi connectivity index (χ2n) is 4.36. The lowest BCUT2D eigenvalue weighted by molar-refractivity contribution is 0.252. The van der Waals surface area contributed by atoms with E-state index in [2.05, 4.69) is 20.6 Å². The van der Waals surface area contributed by atoms with Gasteiger partial charge in [0.25, 0.3) is 0 Å². The summed E-state index contributed by atoms with van der Waals surface area (Å²) in [6.07, 6.45) is 1.64. The highest BCUT2D eigenvalue weighted by Crippen LogP contribution is 2.12. The minimum absolute atomic E-state index is 0.264. The van der Waals surface area contributed by atoms with Crippen LogP contribution in [0.25, 0.3) is 0 Å². The number of nitrogens with one attached hydrogen (secondary N) is 2. The Morgan fingerprint density at radius 2 is 2.32 bits per heavy atom. The van der Waals surface area contributed by atoms with Crippen molar-refractivity contribution in [2.75, 3.05) is 6.54 Å². The van der Waals surface area contributed by atoms with Crippen LogP contribution < -0.4 is 16.4 Å². The normalized spacial score (nSPS) is 11.5. The average Bonchev–Trinajstić information content (AvgIpc) is 2.33. The minimum atomic E-state index is -0.665. The van der Waals surface area contributed by atoms with E-state index in [0.717, 1.165) is 0 Å². The number of primary amides is 1. The minimum Gasteiger partial charge on any atom is -0.356 e. The van der Waals surface area contributed by atoms with Crippen molar-refractivity contribution in [2.24, 2.45) is 16.6 Å². The summed E-state index contributed by atoms with van der Waals surface area (Å²) in [4.78, 5) is 19.2. The molecule has 0 aliphatic rings. The number of nitrogens with zero attached hydrogens (tertiary/aromatic N) is 2. The number of carbonyl (C=O) groups excluding carboxylic acids is 1. The molecule has 0 aromatic carbocycles. The van der Waals surface area contributed by atoms with Crippen LogP contribution in [-0.2, 0) is 6.54 Å². The highest BCUT2D eigenvalue weighted by atomic mass is 35.5. The molecule has 104 valence electrons. The molecular formula is C12H18ClN5O. The lowest BCUT2D eigenvalue weighted by atomic mass is 10.2. The number of rotatable bonds is 4. The molecule has 0 aliphatic carbocycles. The molecule has 0 unspecified atom stereocenters. The summed E-state index contributed by atoms with van der Waals surface area (Å²) in [5, 5.41) is 5.97. The lowest BCUT2D eigenvalue weighted by Gasteiger charge is -2.12. The molecule has 0 radical (unpaired) electrons. The molecule has 0 saturated heterocycles. The van der Waals surface area contributed by atoms with Gasteiger partial charge >= 0.3 is 6.03 Å². The Kier molecular flexibility index (Phi) is 6.08. The molecule has 19 heavy (non-hydrogen) atoms. The maximum atomic E-state index is 10.9. The smallest absolute Gasteiger partial charge is 0.318 e. The molecule has 0 fully saturated rings. The van der Waals surface area contributed by atoms with Crippen LogP contribution in [0.4, 0.5) is 4.79 Å². The molecule has 1 aromatic heterocycles. The molecule has 6 nitrogen and oxygen atoms in total. The predicted octanol–water partition coefficient (Wildman–Crippen LogP) is 1.50. The quantitative estimate of drug-likeness (QED) is 0.577. The van der Waals surface area contributed by atoms with E-state index in [-0.39, 0.29) is 6.54 Å². The molecule has 0 aliphatic heterocycles. The molecule has 0 saturated carbocycles. The van der Waals surface area contributed by atoms with Crippen LogP contribution in [0, 0.1) is 5.92 Å². The third kappa shape index (κ3) is 6.05. The number of hydrogen-bond donors (Lipinski definition) is 3. The van der Waals surface area contributed by atoms with Gasteiger partial charge in [0.05, 0.1) is 17.3 Å². The number of urea groups is 1. The molecule has 0 atom stereocenters. The lowest BCUT2D eigenvalue weighted by Crippen LogP contribution is -2.44. The van der Waals surface area contributed by atoms with Crippen molar-refractivity contribution < 1.29 is 4.79 Å². The van der Waals surface area contributed by atoms with Gasteiger partial charge < -0.3 is 11.1 Å². The Balaban J connectivity index is 2.70. The summed E-state index contributed by atoms with van der Waals surface area (Å²) in [5.74, 6) is 0.737. The van der Waals surface area contributed by atoms with E-state index < -0.39 is 6.03 Å². The summed E-state index contributed by atoms with van der Waals surface area (Å²) >= 11 is 5.98. The van der Waals surface area contributed by atoms with Gasteiger partial charge in [-0.1, -0.05) is 25.4 Å². The molecule has 1 rings (SSSR count). The number of guanidine groups is 1. The van der Waals surface area contributed by atoms with Gasteiger partial charge in [0.1, 0.15) is 0 Å². The maximum absolute atomic E-state index is 10.9. The van der Waals surface area contributed by atoms with E-state index in [9.17, 15) is 4.79 Å². The zero-order valence-electron chi connectivity index (χ0n) is 11.0. The number of hydrogen-bond acceptors (Lipinski definition) is 3. The molecular weight excluding hydrogens is 266 g/mol. The molecule has 0 spiro atoms. The Hall–Kier alpha value is -1.82. The van der Waals surface area contributed by atoms with Crippen molar-refractivity contribution in [2.45, 2.75) is 20.4 Å². The predicted molar refractivity (Wildman–Crippen MR) is 75.9 cm³/mol. The van der Waals surface area contributed by atoms with Crippen LogP contribution in [0.2, 0.25) is 5.02 Å². The second-order valence-corrected chi connectivity index (χ2v) is 4.77. The molecule has 7 heteroatoms. The van der Waals surface area contributed by atoms with Crippen LogP contribution >= 0.6 is 11.6 Å². The van der Waals surface area contributed by atoms with E-state index in [4.69, 9.17) is 17.3 Å². The summed E-state index contributed by atoms with van der Waals surface area (Å²) in [6.45, 7) is 5.03. The number of amides is 2. The molecule has 2 amide bonds. The number of aliphatic imine (C=N–C) groups is 1. The topological polar surface area (TPSA) is 92.4 Å². The van der Waals surface area contributed by atoms with Crippen molar-refractivity contribution >= 4 is 23.6 Å². The van der Waals surface area contributed by atoms with E-state index in [1.54, 1.807) is 18.3 Å². The zero-order chi connectivity index (χ0) is 14.3. The molecule has 1 aromatic rings. The number of halogens is 1. The van der Waals surface area contributed by atoms with Crippen LogP contribution in [0.1, 0.15) is 19.5 Å². The van der Waals surface area contributed by atoms with E-state index in [0.29, 0.717) is 29.1 Å². The van der Waals surface area contributed by atoms with Crippen molar-refractivity contribution in [3.8, 4) is 0 Å². The van der Waals surface area contributed by atoms with Gasteiger partial charge in [-0.25, -0.2) is 9.79 Å². The van der Waals surface area contributed by atoms with Gasteiger partial charge in [0, 0.05) is 12.7 Å². The van der Waals surface area contributed by atoms with Gasteiger partial charge in [0.2, 0.25) is 0 Å². The fraction of sp³-hybridized carbons (Fsp3) is 0.417. The first-order valence-corrected chi connectivity index (χ1v) is 6.31. The average molecular weight is 284 g/mol.